The molecule has 0 bridgehead atoms. The van der Waals surface area contributed by atoms with Crippen molar-refractivity contribution in [1.82, 2.24) is 5.32 Å². The molecule has 3 aromatic rings. The molecule has 174 valence electrons. The third kappa shape index (κ3) is 6.87. The number of hydrogen-bond donors (Lipinski definition) is 2. The van der Waals surface area contributed by atoms with Gasteiger partial charge in [-0.25, -0.2) is 8.42 Å². The molecule has 0 unspecified atom stereocenters. The number of sulfonamides is 1. The summed E-state index contributed by atoms with van der Waals surface area (Å²) in [5, 5.41) is 2.80. The maximum atomic E-state index is 13.0. The Morgan fingerprint density at radius 1 is 0.939 bits per heavy atom. The van der Waals surface area contributed by atoms with Gasteiger partial charge in [0, 0.05) is 11.0 Å². The van der Waals surface area contributed by atoms with Gasteiger partial charge in [-0.05, 0) is 54.1 Å². The van der Waals surface area contributed by atoms with Crippen molar-refractivity contribution < 1.29 is 27.4 Å². The molecule has 0 aliphatic carbocycles. The van der Waals surface area contributed by atoms with Crippen LogP contribution in [-0.4, -0.2) is 34.8 Å². The van der Waals surface area contributed by atoms with Gasteiger partial charge in [0.1, 0.15) is 11.5 Å². The van der Waals surface area contributed by atoms with Crippen molar-refractivity contribution in [2.24, 2.45) is 0 Å². The topological polar surface area (TPSA) is 103 Å². The number of hydrogen-bond acceptors (Lipinski definition) is 6. The van der Waals surface area contributed by atoms with Crippen LogP contribution in [0.1, 0.15) is 15.9 Å². The maximum absolute atomic E-state index is 13.0. The average molecular weight is 535 g/mol. The zero-order chi connectivity index (χ0) is 24.0. The average Bonchev–Trinajstić information content (AvgIpc) is 2.77. The van der Waals surface area contributed by atoms with E-state index in [0.29, 0.717) is 23.0 Å². The van der Waals surface area contributed by atoms with E-state index < -0.39 is 15.9 Å². The molecule has 0 radical (unpaired) electrons. The fourth-order valence-electron chi connectivity index (χ4n) is 3.00. The number of methoxy groups -OCH3 is 2. The molecular formula is C23H23BrN2O6S. The van der Waals surface area contributed by atoms with Crippen LogP contribution in [0, 0.1) is 0 Å². The Bertz CT molecular complexity index is 1260. The lowest BCUT2D eigenvalue weighted by Gasteiger charge is -2.14. The number of amides is 1. The summed E-state index contributed by atoms with van der Waals surface area (Å²) < 4.78 is 43.1. The Balaban J connectivity index is 1.85. The molecule has 0 aliphatic heterocycles. The highest BCUT2D eigenvalue weighted by Crippen LogP contribution is 2.29. The first-order chi connectivity index (χ1) is 15.7. The van der Waals surface area contributed by atoms with Gasteiger partial charge in [0.2, 0.25) is 10.0 Å². The Kier molecular flexibility index (Phi) is 7.83. The second-order valence-electron chi connectivity index (χ2n) is 7.01. The Morgan fingerprint density at radius 2 is 1.67 bits per heavy atom. The van der Waals surface area contributed by atoms with Crippen LogP contribution >= 0.6 is 15.9 Å². The number of ether oxygens (including phenoxy) is 3. The quantitative estimate of drug-likeness (QED) is 0.417. The summed E-state index contributed by atoms with van der Waals surface area (Å²) >= 11 is 3.38. The molecule has 0 spiro atoms. The second-order valence-corrected chi connectivity index (χ2v) is 9.68. The van der Waals surface area contributed by atoms with Gasteiger partial charge >= 0.3 is 0 Å². The SMILES string of the molecule is COc1ccc(CNC(=O)c2cc(Oc3cccc(Br)c3)ccc2NS(C)(=O)=O)cc1OC. The molecule has 0 saturated carbocycles. The van der Waals surface area contributed by atoms with E-state index in [1.54, 1.807) is 43.5 Å². The fourth-order valence-corrected chi connectivity index (χ4v) is 3.95. The Morgan fingerprint density at radius 3 is 2.33 bits per heavy atom. The van der Waals surface area contributed by atoms with Crippen LogP contribution in [-0.2, 0) is 16.6 Å². The smallest absolute Gasteiger partial charge is 0.253 e. The monoisotopic (exact) mass is 534 g/mol. The van der Waals surface area contributed by atoms with Gasteiger partial charge in [0.15, 0.2) is 11.5 Å². The van der Waals surface area contributed by atoms with Gasteiger partial charge in [0.25, 0.3) is 5.91 Å². The first-order valence-corrected chi connectivity index (χ1v) is 12.4. The molecular weight excluding hydrogens is 512 g/mol. The molecule has 3 rings (SSSR count). The van der Waals surface area contributed by atoms with Crippen molar-refractivity contribution in [3.05, 3.63) is 76.3 Å². The van der Waals surface area contributed by atoms with E-state index in [1.807, 2.05) is 12.1 Å². The number of anilines is 1. The van der Waals surface area contributed by atoms with Crippen molar-refractivity contribution in [3.63, 3.8) is 0 Å². The van der Waals surface area contributed by atoms with Gasteiger partial charge in [-0.3, -0.25) is 9.52 Å². The van der Waals surface area contributed by atoms with Gasteiger partial charge in [-0.2, -0.15) is 0 Å². The zero-order valence-electron chi connectivity index (χ0n) is 18.2. The zero-order valence-corrected chi connectivity index (χ0v) is 20.6. The van der Waals surface area contributed by atoms with Crippen molar-refractivity contribution in [2.75, 3.05) is 25.2 Å². The third-order valence-corrected chi connectivity index (χ3v) is 5.55. The largest absolute Gasteiger partial charge is 0.493 e. The highest BCUT2D eigenvalue weighted by atomic mass is 79.9. The van der Waals surface area contributed by atoms with E-state index in [4.69, 9.17) is 14.2 Å². The first-order valence-electron chi connectivity index (χ1n) is 9.73. The van der Waals surface area contributed by atoms with Gasteiger partial charge < -0.3 is 19.5 Å². The number of carbonyl (C=O) groups is 1. The summed E-state index contributed by atoms with van der Waals surface area (Å²) in [6, 6.07) is 17.1. The predicted octanol–water partition coefficient (Wildman–Crippen LogP) is 4.56. The lowest BCUT2D eigenvalue weighted by Crippen LogP contribution is -2.24. The van der Waals surface area contributed by atoms with Crippen LogP contribution in [0.4, 0.5) is 5.69 Å². The number of benzene rings is 3. The van der Waals surface area contributed by atoms with E-state index in [9.17, 15) is 13.2 Å². The van der Waals surface area contributed by atoms with E-state index in [2.05, 4.69) is 26.0 Å². The second kappa shape index (κ2) is 10.6. The molecule has 1 amide bonds. The lowest BCUT2D eigenvalue weighted by atomic mass is 10.1. The molecule has 0 aromatic heterocycles. The highest BCUT2D eigenvalue weighted by Gasteiger charge is 2.16. The molecule has 0 aliphatic rings. The lowest BCUT2D eigenvalue weighted by molar-refractivity contribution is 0.0951. The van der Waals surface area contributed by atoms with Crippen LogP contribution in [0.15, 0.2) is 65.1 Å². The van der Waals surface area contributed by atoms with E-state index in [0.717, 1.165) is 16.3 Å². The minimum absolute atomic E-state index is 0.119. The summed E-state index contributed by atoms with van der Waals surface area (Å²) in [5.41, 5.74) is 1.04. The normalized spacial score (nSPS) is 10.9. The molecule has 8 nitrogen and oxygen atoms in total. The first kappa shape index (κ1) is 24.4. The Hall–Kier alpha value is -3.24. The number of carbonyl (C=O) groups excluding carboxylic acids is 1. The summed E-state index contributed by atoms with van der Waals surface area (Å²) in [5.74, 6) is 1.57. The summed E-state index contributed by atoms with van der Waals surface area (Å²) in [4.78, 5) is 13.0. The van der Waals surface area contributed by atoms with Crippen molar-refractivity contribution >= 4 is 37.5 Å². The van der Waals surface area contributed by atoms with Crippen LogP contribution in [0.3, 0.4) is 0 Å². The minimum Gasteiger partial charge on any atom is -0.493 e. The number of halogens is 1. The van der Waals surface area contributed by atoms with Crippen molar-refractivity contribution in [3.8, 4) is 23.0 Å². The molecule has 10 heteroatoms. The molecule has 0 heterocycles. The van der Waals surface area contributed by atoms with Crippen LogP contribution in [0.25, 0.3) is 0 Å². The van der Waals surface area contributed by atoms with Gasteiger partial charge in [0.05, 0.1) is 31.7 Å². The molecule has 0 atom stereocenters. The van der Waals surface area contributed by atoms with E-state index in [-0.39, 0.29) is 17.8 Å². The van der Waals surface area contributed by atoms with Crippen LogP contribution in [0.5, 0.6) is 23.0 Å². The van der Waals surface area contributed by atoms with Crippen LogP contribution in [0.2, 0.25) is 0 Å². The summed E-state index contributed by atoms with van der Waals surface area (Å²) in [6.07, 6.45) is 1.02. The molecule has 3 aromatic carbocycles. The maximum Gasteiger partial charge on any atom is 0.253 e. The predicted molar refractivity (Wildman–Crippen MR) is 130 cm³/mol. The number of nitrogens with one attached hydrogen (secondary N) is 2. The van der Waals surface area contributed by atoms with Crippen molar-refractivity contribution in [1.29, 1.82) is 0 Å². The highest BCUT2D eigenvalue weighted by molar-refractivity contribution is 9.10. The van der Waals surface area contributed by atoms with E-state index in [1.165, 1.54) is 19.2 Å². The molecule has 0 fully saturated rings. The molecule has 33 heavy (non-hydrogen) atoms. The molecule has 2 N–H and O–H groups in total. The minimum atomic E-state index is -3.60. The van der Waals surface area contributed by atoms with Crippen molar-refractivity contribution in [2.45, 2.75) is 6.54 Å². The van der Waals surface area contributed by atoms with Gasteiger partial charge in [-0.1, -0.05) is 28.1 Å². The fraction of sp³-hybridized carbons (Fsp3) is 0.174. The summed E-state index contributed by atoms with van der Waals surface area (Å²) in [7, 11) is -0.533. The van der Waals surface area contributed by atoms with Gasteiger partial charge in [-0.15, -0.1) is 0 Å². The summed E-state index contributed by atoms with van der Waals surface area (Å²) in [6.45, 7) is 0.189. The molecule has 0 saturated heterocycles. The van der Waals surface area contributed by atoms with E-state index >= 15 is 0 Å². The standard InChI is InChI=1S/C23H23BrN2O6S/c1-30-21-10-7-15(11-22(21)31-2)14-25-23(27)19-13-18(8-9-20(19)26-33(3,28)29)32-17-6-4-5-16(24)12-17/h4-13,26H,14H2,1-3H3,(H,25,27). The third-order valence-electron chi connectivity index (χ3n) is 4.46. The number of rotatable bonds is 9. The van der Waals surface area contributed by atoms with Crippen LogP contribution < -0.4 is 24.2 Å². The Labute approximate surface area is 201 Å².